The van der Waals surface area contributed by atoms with Crippen molar-refractivity contribution < 1.29 is 9.31 Å². The predicted molar refractivity (Wildman–Crippen MR) is 136 cm³/mol. The van der Waals surface area contributed by atoms with E-state index in [9.17, 15) is 0 Å². The molecule has 0 atom stereocenters. The summed E-state index contributed by atoms with van der Waals surface area (Å²) in [7, 11) is -0.377. The van der Waals surface area contributed by atoms with Gasteiger partial charge in [-0.1, -0.05) is 86.6 Å². The predicted octanol–water partition coefficient (Wildman–Crippen LogP) is 6.83. The fourth-order valence-corrected chi connectivity index (χ4v) is 4.06. The van der Waals surface area contributed by atoms with Gasteiger partial charge in [0.05, 0.1) is 16.9 Å². The molecule has 1 aliphatic heterocycles. The molecule has 0 unspecified atom stereocenters. The lowest BCUT2D eigenvalue weighted by molar-refractivity contribution is 0.00578. The monoisotopic (exact) mass is 425 g/mol. The van der Waals surface area contributed by atoms with Gasteiger partial charge in [0.15, 0.2) is 0 Å². The molecule has 1 aromatic heterocycles. The average Bonchev–Trinajstić information content (AvgIpc) is 3.29. The van der Waals surface area contributed by atoms with Crippen molar-refractivity contribution in [3.8, 4) is 22.4 Å². The molecule has 0 saturated carbocycles. The molecule has 3 aromatic carbocycles. The van der Waals surface area contributed by atoms with Gasteiger partial charge in [0, 0.05) is 16.5 Å². The van der Waals surface area contributed by atoms with Crippen LogP contribution in [0.1, 0.15) is 41.5 Å². The molecule has 32 heavy (non-hydrogen) atoms. The quantitative estimate of drug-likeness (QED) is 0.365. The molecule has 4 aromatic rings. The zero-order valence-corrected chi connectivity index (χ0v) is 19.9. The van der Waals surface area contributed by atoms with Gasteiger partial charge in [0.25, 0.3) is 0 Å². The highest BCUT2D eigenvalue weighted by molar-refractivity contribution is 6.62. The Labute approximate surface area is 191 Å². The summed E-state index contributed by atoms with van der Waals surface area (Å²) in [5, 5.41) is 1.17. The Bertz CT molecular complexity index is 1180. The maximum absolute atomic E-state index is 6.30. The van der Waals surface area contributed by atoms with E-state index >= 15 is 0 Å². The number of aromatic amines is 1. The summed E-state index contributed by atoms with van der Waals surface area (Å²) in [5.74, 6) is 0. The third kappa shape index (κ3) is 3.89. The summed E-state index contributed by atoms with van der Waals surface area (Å²) in [4.78, 5) is 3.65. The number of benzene rings is 3. The minimum Gasteiger partial charge on any atom is -0.399 e. The molecular formula is C28H32BNO2. The molecule has 0 radical (unpaired) electrons. The van der Waals surface area contributed by atoms with Gasteiger partial charge in [-0.25, -0.2) is 0 Å². The van der Waals surface area contributed by atoms with Crippen LogP contribution in [0.15, 0.2) is 78.9 Å². The molecule has 164 valence electrons. The molecule has 1 N–H and O–H groups in total. The summed E-state index contributed by atoms with van der Waals surface area (Å²) in [6.45, 7) is 12.4. The first-order valence-electron chi connectivity index (χ1n) is 11.5. The van der Waals surface area contributed by atoms with Crippen LogP contribution in [0.5, 0.6) is 0 Å². The molecule has 1 fully saturated rings. The van der Waals surface area contributed by atoms with E-state index in [4.69, 9.17) is 9.31 Å². The Morgan fingerprint density at radius 2 is 1.22 bits per heavy atom. The fourth-order valence-electron chi connectivity index (χ4n) is 4.06. The van der Waals surface area contributed by atoms with Crippen molar-refractivity contribution >= 4 is 23.5 Å². The van der Waals surface area contributed by atoms with Crippen LogP contribution in [-0.2, 0) is 9.31 Å². The molecule has 5 rings (SSSR count). The first-order valence-corrected chi connectivity index (χ1v) is 11.5. The fraction of sp³-hybridized carbons (Fsp3) is 0.286. The molecule has 0 amide bonds. The number of nitrogens with one attached hydrogen (secondary N) is 1. The zero-order chi connectivity index (χ0) is 22.9. The Hall–Kier alpha value is -2.82. The van der Waals surface area contributed by atoms with Crippen LogP contribution >= 0.6 is 0 Å². The molecule has 2 heterocycles. The lowest BCUT2D eigenvalue weighted by Crippen LogP contribution is -2.41. The number of rotatable bonds is 3. The Balaban J connectivity index is 0.00000119. The molecule has 0 spiro atoms. The second-order valence-corrected chi connectivity index (χ2v) is 9.00. The van der Waals surface area contributed by atoms with Crippen molar-refractivity contribution in [1.82, 2.24) is 4.98 Å². The van der Waals surface area contributed by atoms with Crippen molar-refractivity contribution in [3.63, 3.8) is 0 Å². The van der Waals surface area contributed by atoms with Crippen molar-refractivity contribution in [2.75, 3.05) is 0 Å². The standard InChI is InChI=1S/C26H26BNO2.C2H6/c1-25(2)26(3,4)30-27(29-25)20-15-16-22-21(17-20)23(18-11-7-5-8-12-18)24(28-22)19-13-9-6-10-14-19;1-2/h5-17,28H,1-4H3;1-2H3. The van der Waals surface area contributed by atoms with E-state index in [2.05, 4.69) is 105 Å². The van der Waals surface area contributed by atoms with Gasteiger partial charge < -0.3 is 14.3 Å². The van der Waals surface area contributed by atoms with Crippen LogP contribution in [0.4, 0.5) is 0 Å². The molecular weight excluding hydrogens is 393 g/mol. The summed E-state index contributed by atoms with van der Waals surface area (Å²) < 4.78 is 12.6. The van der Waals surface area contributed by atoms with Crippen LogP contribution in [0.2, 0.25) is 0 Å². The second-order valence-electron chi connectivity index (χ2n) is 9.00. The summed E-state index contributed by atoms with van der Waals surface area (Å²) in [5.41, 5.74) is 6.12. The van der Waals surface area contributed by atoms with Crippen LogP contribution in [0.3, 0.4) is 0 Å². The van der Waals surface area contributed by atoms with Crippen LogP contribution < -0.4 is 5.46 Å². The van der Waals surface area contributed by atoms with Crippen LogP contribution in [-0.4, -0.2) is 23.3 Å². The Morgan fingerprint density at radius 1 is 0.688 bits per heavy atom. The number of hydrogen-bond acceptors (Lipinski definition) is 2. The van der Waals surface area contributed by atoms with Gasteiger partial charge in [0.2, 0.25) is 0 Å². The van der Waals surface area contributed by atoms with Gasteiger partial charge in [-0.2, -0.15) is 0 Å². The summed E-state index contributed by atoms with van der Waals surface area (Å²) in [6.07, 6.45) is 0. The number of H-pyrrole nitrogens is 1. The summed E-state index contributed by atoms with van der Waals surface area (Å²) in [6, 6.07) is 27.5. The lowest BCUT2D eigenvalue weighted by Gasteiger charge is -2.32. The molecule has 0 bridgehead atoms. The van der Waals surface area contributed by atoms with E-state index in [0.29, 0.717) is 0 Å². The molecule has 3 nitrogen and oxygen atoms in total. The van der Waals surface area contributed by atoms with E-state index in [0.717, 1.165) is 16.7 Å². The van der Waals surface area contributed by atoms with Crippen molar-refractivity contribution in [1.29, 1.82) is 0 Å². The van der Waals surface area contributed by atoms with Crippen molar-refractivity contribution in [2.45, 2.75) is 52.7 Å². The van der Waals surface area contributed by atoms with E-state index in [1.807, 2.05) is 19.9 Å². The molecule has 0 aliphatic carbocycles. The van der Waals surface area contributed by atoms with Gasteiger partial charge in [-0.3, -0.25) is 0 Å². The van der Waals surface area contributed by atoms with Crippen LogP contribution in [0.25, 0.3) is 33.3 Å². The first-order chi connectivity index (χ1) is 15.4. The number of aromatic nitrogens is 1. The minimum absolute atomic E-state index is 0.359. The summed E-state index contributed by atoms with van der Waals surface area (Å²) >= 11 is 0. The highest BCUT2D eigenvalue weighted by Gasteiger charge is 2.51. The zero-order valence-electron chi connectivity index (χ0n) is 19.9. The third-order valence-electron chi connectivity index (χ3n) is 6.47. The van der Waals surface area contributed by atoms with Crippen molar-refractivity contribution in [2.24, 2.45) is 0 Å². The number of fused-ring (bicyclic) bond motifs is 1. The minimum atomic E-state index is -0.377. The highest BCUT2D eigenvalue weighted by Crippen LogP contribution is 2.39. The SMILES string of the molecule is CC.CC1(C)OB(c2ccc3[nH]c(-c4ccccc4)c(-c4ccccc4)c3c2)OC1(C)C. The van der Waals surface area contributed by atoms with E-state index in [1.165, 1.54) is 22.1 Å². The van der Waals surface area contributed by atoms with E-state index in [-0.39, 0.29) is 18.3 Å². The van der Waals surface area contributed by atoms with Gasteiger partial charge >= 0.3 is 7.12 Å². The highest BCUT2D eigenvalue weighted by atomic mass is 16.7. The Kier molecular flexibility index (Phi) is 6.02. The normalized spacial score (nSPS) is 16.6. The molecule has 1 saturated heterocycles. The van der Waals surface area contributed by atoms with Crippen molar-refractivity contribution in [3.05, 3.63) is 78.9 Å². The molecule has 4 heteroatoms. The smallest absolute Gasteiger partial charge is 0.399 e. The van der Waals surface area contributed by atoms with E-state index in [1.54, 1.807) is 0 Å². The lowest BCUT2D eigenvalue weighted by atomic mass is 9.78. The topological polar surface area (TPSA) is 34.2 Å². The van der Waals surface area contributed by atoms with E-state index < -0.39 is 0 Å². The average molecular weight is 425 g/mol. The maximum atomic E-state index is 6.30. The second kappa shape index (κ2) is 8.61. The molecule has 1 aliphatic rings. The number of hydrogen-bond donors (Lipinski definition) is 1. The Morgan fingerprint density at radius 3 is 1.78 bits per heavy atom. The maximum Gasteiger partial charge on any atom is 0.494 e. The van der Waals surface area contributed by atoms with Crippen LogP contribution in [0, 0.1) is 0 Å². The van der Waals surface area contributed by atoms with Gasteiger partial charge in [-0.05, 0) is 50.4 Å². The van der Waals surface area contributed by atoms with Gasteiger partial charge in [-0.15, -0.1) is 0 Å². The first kappa shape index (κ1) is 22.4. The van der Waals surface area contributed by atoms with Gasteiger partial charge in [0.1, 0.15) is 0 Å². The largest absolute Gasteiger partial charge is 0.494 e. The third-order valence-corrected chi connectivity index (χ3v) is 6.47.